The van der Waals surface area contributed by atoms with Gasteiger partial charge in [-0.1, -0.05) is 30.3 Å². The monoisotopic (exact) mass is 387 g/mol. The number of nitrogens with zero attached hydrogens (tertiary/aromatic N) is 3. The molecule has 6 heteroatoms. The Bertz CT molecular complexity index is 1070. The van der Waals surface area contributed by atoms with E-state index in [-0.39, 0.29) is 11.8 Å². The summed E-state index contributed by atoms with van der Waals surface area (Å²) in [6, 6.07) is 17.1. The number of benzene rings is 2. The van der Waals surface area contributed by atoms with Crippen LogP contribution in [0, 0.1) is 0 Å². The summed E-state index contributed by atoms with van der Waals surface area (Å²) in [7, 11) is 0. The Hall–Kier alpha value is -3.54. The van der Waals surface area contributed by atoms with E-state index < -0.39 is 6.23 Å². The number of pyridine rings is 1. The fraction of sp³-hybridized carbons (Fsp3) is 0.217. The van der Waals surface area contributed by atoms with Crippen LogP contribution in [0.1, 0.15) is 42.3 Å². The van der Waals surface area contributed by atoms with Crippen molar-refractivity contribution in [3.63, 3.8) is 0 Å². The van der Waals surface area contributed by atoms with Crippen LogP contribution >= 0.6 is 0 Å². The van der Waals surface area contributed by atoms with Crippen molar-refractivity contribution in [2.24, 2.45) is 5.10 Å². The van der Waals surface area contributed by atoms with Crippen molar-refractivity contribution in [2.45, 2.75) is 25.6 Å². The normalized spacial score (nSPS) is 19.8. The summed E-state index contributed by atoms with van der Waals surface area (Å²) in [6.45, 7) is 2.53. The van der Waals surface area contributed by atoms with Crippen molar-refractivity contribution in [1.82, 2.24) is 9.99 Å². The first kappa shape index (κ1) is 17.6. The number of aromatic nitrogens is 1. The number of phenols is 1. The van der Waals surface area contributed by atoms with Crippen LogP contribution in [0.5, 0.6) is 17.2 Å². The lowest BCUT2D eigenvalue weighted by molar-refractivity contribution is -0.0214. The molecule has 2 aliphatic heterocycles. The molecule has 29 heavy (non-hydrogen) atoms. The van der Waals surface area contributed by atoms with Crippen molar-refractivity contribution >= 4 is 5.71 Å². The van der Waals surface area contributed by atoms with Gasteiger partial charge >= 0.3 is 0 Å². The first-order valence-corrected chi connectivity index (χ1v) is 9.72. The van der Waals surface area contributed by atoms with Crippen LogP contribution in [0.3, 0.4) is 0 Å². The third-order valence-electron chi connectivity index (χ3n) is 5.23. The van der Waals surface area contributed by atoms with Crippen LogP contribution in [-0.4, -0.2) is 27.4 Å². The highest BCUT2D eigenvalue weighted by Crippen LogP contribution is 2.50. The number of hydrogen-bond donors (Lipinski definition) is 1. The molecule has 0 saturated heterocycles. The maximum Gasteiger partial charge on any atom is 0.215 e. The molecule has 6 nitrogen and oxygen atoms in total. The number of hydrazone groups is 1. The number of phenolic OH excluding ortho intramolecular Hbond substituents is 1. The highest BCUT2D eigenvalue weighted by molar-refractivity contribution is 6.02. The minimum atomic E-state index is -0.405. The van der Waals surface area contributed by atoms with Crippen LogP contribution < -0.4 is 9.47 Å². The summed E-state index contributed by atoms with van der Waals surface area (Å²) in [6.07, 6.45) is 3.86. The molecule has 0 saturated carbocycles. The molecule has 1 aromatic heterocycles. The van der Waals surface area contributed by atoms with Crippen molar-refractivity contribution in [1.29, 1.82) is 0 Å². The van der Waals surface area contributed by atoms with E-state index in [0.29, 0.717) is 13.0 Å². The van der Waals surface area contributed by atoms with Crippen molar-refractivity contribution in [3.05, 3.63) is 83.7 Å². The first-order valence-electron chi connectivity index (χ1n) is 9.72. The average Bonchev–Trinajstić information content (AvgIpc) is 3.20. The maximum absolute atomic E-state index is 9.90. The van der Waals surface area contributed by atoms with Gasteiger partial charge in [-0.25, -0.2) is 5.01 Å². The van der Waals surface area contributed by atoms with E-state index in [2.05, 4.69) is 11.1 Å². The lowest BCUT2D eigenvalue weighted by Crippen LogP contribution is -2.34. The van der Waals surface area contributed by atoms with E-state index in [1.165, 1.54) is 0 Å². The Balaban J connectivity index is 1.61. The summed E-state index contributed by atoms with van der Waals surface area (Å²) >= 11 is 0. The third kappa shape index (κ3) is 3.06. The molecule has 2 aromatic carbocycles. The third-order valence-corrected chi connectivity index (χ3v) is 5.23. The van der Waals surface area contributed by atoms with E-state index in [1.807, 2.05) is 48.3 Å². The molecule has 0 spiro atoms. The molecule has 0 radical (unpaired) electrons. The molecule has 5 rings (SSSR count). The highest BCUT2D eigenvalue weighted by atomic mass is 16.5. The quantitative estimate of drug-likeness (QED) is 0.717. The Morgan fingerprint density at radius 2 is 2.07 bits per heavy atom. The fourth-order valence-corrected chi connectivity index (χ4v) is 3.95. The summed E-state index contributed by atoms with van der Waals surface area (Å²) in [5, 5.41) is 16.8. The molecular formula is C23H21N3O3. The van der Waals surface area contributed by atoms with Gasteiger partial charge < -0.3 is 14.6 Å². The highest BCUT2D eigenvalue weighted by Gasteiger charge is 2.42. The molecule has 3 heterocycles. The molecule has 0 unspecified atom stereocenters. The number of ether oxygens (including phenoxy) is 2. The zero-order valence-corrected chi connectivity index (χ0v) is 16.0. The van der Waals surface area contributed by atoms with Crippen LogP contribution in [0.4, 0.5) is 0 Å². The minimum Gasteiger partial charge on any atom is -0.508 e. The summed E-state index contributed by atoms with van der Waals surface area (Å²) < 4.78 is 12.3. The zero-order valence-electron chi connectivity index (χ0n) is 16.0. The van der Waals surface area contributed by atoms with Crippen molar-refractivity contribution in [2.75, 3.05) is 6.61 Å². The molecule has 0 bridgehead atoms. The number of para-hydroxylation sites is 1. The molecule has 2 aliphatic rings. The molecule has 2 atom stereocenters. The second-order valence-electron chi connectivity index (χ2n) is 7.06. The standard InChI is InChI=1S/C23H21N3O3/c1-2-28-21-10-4-9-18-20-13-19(15-6-3-8-17(27)12-15)25-26(20)23(29-22(18)21)16-7-5-11-24-14-16/h3-12,14,20,23,27H,2,13H2,1H3/t20-,23+/m1/s1. The lowest BCUT2D eigenvalue weighted by atomic mass is 9.95. The van der Waals surface area contributed by atoms with Gasteiger partial charge in [-0.3, -0.25) is 4.98 Å². The number of fused-ring (bicyclic) bond motifs is 3. The van der Waals surface area contributed by atoms with Gasteiger partial charge in [-0.05, 0) is 31.2 Å². The summed E-state index contributed by atoms with van der Waals surface area (Å²) in [5.41, 5.74) is 3.80. The van der Waals surface area contributed by atoms with Crippen LogP contribution in [0.2, 0.25) is 0 Å². The average molecular weight is 387 g/mol. The molecule has 0 fully saturated rings. The molecule has 146 valence electrons. The van der Waals surface area contributed by atoms with E-state index in [1.54, 1.807) is 24.5 Å². The topological polar surface area (TPSA) is 67.2 Å². The van der Waals surface area contributed by atoms with Gasteiger partial charge in [0, 0.05) is 35.5 Å². The molecule has 1 N–H and O–H groups in total. The molecule has 0 amide bonds. The van der Waals surface area contributed by atoms with E-state index in [0.717, 1.165) is 33.9 Å². The van der Waals surface area contributed by atoms with E-state index in [9.17, 15) is 5.11 Å². The first-order chi connectivity index (χ1) is 14.2. The number of aromatic hydroxyl groups is 1. The smallest absolute Gasteiger partial charge is 0.215 e. The predicted octanol–water partition coefficient (Wildman–Crippen LogP) is 4.43. The second-order valence-corrected chi connectivity index (χ2v) is 7.06. The van der Waals surface area contributed by atoms with Gasteiger partial charge in [0.2, 0.25) is 6.23 Å². The lowest BCUT2D eigenvalue weighted by Gasteiger charge is -2.38. The van der Waals surface area contributed by atoms with Crippen LogP contribution in [0.15, 0.2) is 72.1 Å². The van der Waals surface area contributed by atoms with Gasteiger partial charge in [-0.15, -0.1) is 0 Å². The van der Waals surface area contributed by atoms with Crippen molar-refractivity contribution in [3.8, 4) is 17.2 Å². The largest absolute Gasteiger partial charge is 0.508 e. The maximum atomic E-state index is 9.90. The SMILES string of the molecule is CCOc1cccc2c1O[C@@H](c1cccnc1)N1N=C(c3cccc(O)c3)C[C@H]21. The van der Waals surface area contributed by atoms with Gasteiger partial charge in [0.25, 0.3) is 0 Å². The second kappa shape index (κ2) is 7.13. The number of rotatable bonds is 4. The van der Waals surface area contributed by atoms with E-state index >= 15 is 0 Å². The van der Waals surface area contributed by atoms with Crippen molar-refractivity contribution < 1.29 is 14.6 Å². The summed E-state index contributed by atoms with van der Waals surface area (Å²) in [4.78, 5) is 4.26. The molecule has 3 aromatic rings. The number of hydrogen-bond acceptors (Lipinski definition) is 6. The van der Waals surface area contributed by atoms with Gasteiger partial charge in [0.15, 0.2) is 11.5 Å². The van der Waals surface area contributed by atoms with Crippen LogP contribution in [0.25, 0.3) is 0 Å². The van der Waals surface area contributed by atoms with Gasteiger partial charge in [0.05, 0.1) is 18.4 Å². The minimum absolute atomic E-state index is 0.0155. The summed E-state index contributed by atoms with van der Waals surface area (Å²) in [5.74, 6) is 1.73. The van der Waals surface area contributed by atoms with Gasteiger partial charge in [-0.2, -0.15) is 5.10 Å². The Morgan fingerprint density at radius 1 is 1.17 bits per heavy atom. The zero-order chi connectivity index (χ0) is 19.8. The Labute approximate surface area is 169 Å². The predicted molar refractivity (Wildman–Crippen MR) is 109 cm³/mol. The van der Waals surface area contributed by atoms with Gasteiger partial charge in [0.1, 0.15) is 5.75 Å². The Kier molecular flexibility index (Phi) is 4.31. The molecular weight excluding hydrogens is 366 g/mol. The fourth-order valence-electron chi connectivity index (χ4n) is 3.95. The molecule has 0 aliphatic carbocycles. The van der Waals surface area contributed by atoms with Crippen LogP contribution in [-0.2, 0) is 0 Å². The van der Waals surface area contributed by atoms with E-state index in [4.69, 9.17) is 14.6 Å². The Morgan fingerprint density at radius 3 is 2.86 bits per heavy atom.